The Morgan fingerprint density at radius 2 is 1.88 bits per heavy atom. The third kappa shape index (κ3) is 3.58. The van der Waals surface area contributed by atoms with Gasteiger partial charge in [-0.15, -0.1) is 0 Å². The Morgan fingerprint density at radius 3 is 2.69 bits per heavy atom. The molecule has 3 aromatic carbocycles. The first-order valence-corrected chi connectivity index (χ1v) is 11.3. The van der Waals surface area contributed by atoms with E-state index in [2.05, 4.69) is 19.7 Å². The van der Waals surface area contributed by atoms with Gasteiger partial charge in [-0.05, 0) is 42.5 Å². The van der Waals surface area contributed by atoms with E-state index in [1.165, 1.54) is 19.2 Å². The molecule has 8 nitrogen and oxygen atoms in total. The second kappa shape index (κ2) is 7.86. The van der Waals surface area contributed by atoms with E-state index in [1.54, 1.807) is 43.0 Å². The number of aromatic amines is 1. The molecule has 0 atom stereocenters. The summed E-state index contributed by atoms with van der Waals surface area (Å²) in [6.45, 7) is 0. The van der Waals surface area contributed by atoms with E-state index in [-0.39, 0.29) is 4.90 Å². The van der Waals surface area contributed by atoms with Crippen LogP contribution in [-0.2, 0) is 10.0 Å². The minimum absolute atomic E-state index is 0.0862. The summed E-state index contributed by atoms with van der Waals surface area (Å²) in [6.07, 6.45) is 5.03. The number of sulfonamides is 1. The number of hydrogen-bond donors (Lipinski definition) is 2. The van der Waals surface area contributed by atoms with Gasteiger partial charge >= 0.3 is 0 Å². The van der Waals surface area contributed by atoms with Gasteiger partial charge in [0.2, 0.25) is 0 Å². The van der Waals surface area contributed by atoms with Crippen LogP contribution in [0.4, 0.5) is 5.69 Å². The van der Waals surface area contributed by atoms with Crippen LogP contribution < -0.4 is 9.46 Å². The number of imidazole rings is 2. The molecule has 0 unspecified atom stereocenters. The average Bonchev–Trinajstić information content (AvgIpc) is 3.49. The van der Waals surface area contributed by atoms with Crippen LogP contribution in [0, 0.1) is 0 Å². The number of aromatic nitrogens is 4. The number of para-hydroxylation sites is 2. The standard InChI is InChI=1S/C23H19N5O3S/c1-31-22-14-18(9-10-19(22)23-24-11-12-25-23)32(29,30)27-16-5-4-6-17(13-16)28-15-26-20-7-2-3-8-21(20)28/h2-15,27H,1H3,(H,24,25). The summed E-state index contributed by atoms with van der Waals surface area (Å²) in [4.78, 5) is 11.7. The van der Waals surface area contributed by atoms with Crippen LogP contribution in [0.1, 0.15) is 0 Å². The van der Waals surface area contributed by atoms with E-state index >= 15 is 0 Å². The number of methoxy groups -OCH3 is 1. The number of benzene rings is 3. The quantitative estimate of drug-likeness (QED) is 0.407. The van der Waals surface area contributed by atoms with Crippen molar-refractivity contribution in [1.82, 2.24) is 19.5 Å². The number of fused-ring (bicyclic) bond motifs is 1. The summed E-state index contributed by atoms with van der Waals surface area (Å²) in [6, 6.07) is 19.6. The number of ether oxygens (including phenoxy) is 1. The highest BCUT2D eigenvalue weighted by atomic mass is 32.2. The molecule has 160 valence electrons. The molecule has 0 bridgehead atoms. The summed E-state index contributed by atoms with van der Waals surface area (Å²) >= 11 is 0. The van der Waals surface area contributed by atoms with Crippen molar-refractivity contribution in [1.29, 1.82) is 0 Å². The first-order valence-electron chi connectivity index (χ1n) is 9.78. The number of H-pyrrole nitrogens is 1. The largest absolute Gasteiger partial charge is 0.496 e. The first kappa shape index (κ1) is 19.8. The lowest BCUT2D eigenvalue weighted by atomic mass is 10.2. The van der Waals surface area contributed by atoms with Gasteiger partial charge in [0.25, 0.3) is 10.0 Å². The molecule has 0 spiro atoms. The zero-order valence-corrected chi connectivity index (χ0v) is 17.9. The van der Waals surface area contributed by atoms with Gasteiger partial charge < -0.3 is 9.72 Å². The highest BCUT2D eigenvalue weighted by molar-refractivity contribution is 7.92. The van der Waals surface area contributed by atoms with Crippen LogP contribution in [0.2, 0.25) is 0 Å². The van der Waals surface area contributed by atoms with Crippen molar-refractivity contribution >= 4 is 26.7 Å². The zero-order valence-electron chi connectivity index (χ0n) is 17.1. The fourth-order valence-electron chi connectivity index (χ4n) is 3.55. The monoisotopic (exact) mass is 445 g/mol. The van der Waals surface area contributed by atoms with Gasteiger partial charge in [-0.2, -0.15) is 0 Å². The molecule has 0 saturated heterocycles. The van der Waals surface area contributed by atoms with E-state index in [0.29, 0.717) is 22.8 Å². The highest BCUT2D eigenvalue weighted by Gasteiger charge is 2.18. The Balaban J connectivity index is 1.47. The van der Waals surface area contributed by atoms with Crippen LogP contribution in [0.15, 0.2) is 90.3 Å². The summed E-state index contributed by atoms with van der Waals surface area (Å²) in [5.41, 5.74) is 3.71. The highest BCUT2D eigenvalue weighted by Crippen LogP contribution is 2.31. The normalized spacial score (nSPS) is 11.5. The van der Waals surface area contributed by atoms with Crippen molar-refractivity contribution in [3.8, 4) is 22.8 Å². The molecule has 5 aromatic rings. The molecule has 2 aromatic heterocycles. The third-order valence-corrected chi connectivity index (χ3v) is 6.45. The molecular weight excluding hydrogens is 426 g/mol. The Morgan fingerprint density at radius 1 is 1.00 bits per heavy atom. The number of anilines is 1. The molecule has 0 radical (unpaired) electrons. The van der Waals surface area contributed by atoms with Gasteiger partial charge in [0.15, 0.2) is 0 Å². The van der Waals surface area contributed by atoms with Crippen molar-refractivity contribution in [2.24, 2.45) is 0 Å². The minimum Gasteiger partial charge on any atom is -0.496 e. The molecule has 0 saturated carbocycles. The van der Waals surface area contributed by atoms with Gasteiger partial charge in [0.1, 0.15) is 17.9 Å². The van der Waals surface area contributed by atoms with Crippen molar-refractivity contribution in [3.05, 3.63) is 85.5 Å². The maximum Gasteiger partial charge on any atom is 0.262 e. The van der Waals surface area contributed by atoms with E-state index in [1.807, 2.05) is 34.9 Å². The van der Waals surface area contributed by atoms with Gasteiger partial charge in [-0.3, -0.25) is 9.29 Å². The molecule has 0 amide bonds. The van der Waals surface area contributed by atoms with Crippen LogP contribution in [0.5, 0.6) is 5.75 Å². The van der Waals surface area contributed by atoms with Crippen molar-refractivity contribution in [2.75, 3.05) is 11.8 Å². The molecule has 2 heterocycles. The fourth-order valence-corrected chi connectivity index (χ4v) is 4.61. The lowest BCUT2D eigenvalue weighted by Gasteiger charge is -2.13. The van der Waals surface area contributed by atoms with Crippen molar-refractivity contribution in [2.45, 2.75) is 4.90 Å². The SMILES string of the molecule is COc1cc(S(=O)(=O)Nc2cccc(-n3cnc4ccccc43)c2)ccc1-c1ncc[nH]1. The molecule has 0 aliphatic rings. The number of rotatable bonds is 6. The Labute approximate surface area is 184 Å². The third-order valence-electron chi connectivity index (χ3n) is 5.07. The molecular formula is C23H19N5O3S. The molecule has 0 aliphatic carbocycles. The molecule has 0 fully saturated rings. The minimum atomic E-state index is -3.85. The number of hydrogen-bond acceptors (Lipinski definition) is 5. The predicted molar refractivity (Wildman–Crippen MR) is 122 cm³/mol. The molecule has 0 aliphatic heterocycles. The van der Waals surface area contributed by atoms with Crippen LogP contribution in [0.25, 0.3) is 28.1 Å². The van der Waals surface area contributed by atoms with Crippen LogP contribution in [0.3, 0.4) is 0 Å². The van der Waals surface area contributed by atoms with E-state index in [4.69, 9.17) is 4.74 Å². The van der Waals surface area contributed by atoms with Gasteiger partial charge in [0.05, 0.1) is 34.3 Å². The second-order valence-electron chi connectivity index (χ2n) is 7.06. The lowest BCUT2D eigenvalue weighted by molar-refractivity contribution is 0.415. The Bertz CT molecular complexity index is 1510. The topological polar surface area (TPSA) is 102 Å². The Kier molecular flexibility index (Phi) is 4.87. The molecule has 32 heavy (non-hydrogen) atoms. The maximum atomic E-state index is 13.1. The summed E-state index contributed by atoms with van der Waals surface area (Å²) < 4.78 is 36.1. The first-order chi connectivity index (χ1) is 15.5. The van der Waals surface area contributed by atoms with Gasteiger partial charge in [0, 0.05) is 24.1 Å². The van der Waals surface area contributed by atoms with E-state index < -0.39 is 10.0 Å². The van der Waals surface area contributed by atoms with Crippen LogP contribution >= 0.6 is 0 Å². The molecule has 5 rings (SSSR count). The van der Waals surface area contributed by atoms with E-state index in [0.717, 1.165) is 16.7 Å². The average molecular weight is 446 g/mol. The number of nitrogens with one attached hydrogen (secondary N) is 2. The van der Waals surface area contributed by atoms with Crippen LogP contribution in [-0.4, -0.2) is 35.0 Å². The lowest BCUT2D eigenvalue weighted by Crippen LogP contribution is -2.13. The smallest absolute Gasteiger partial charge is 0.262 e. The van der Waals surface area contributed by atoms with Crippen molar-refractivity contribution < 1.29 is 13.2 Å². The zero-order chi connectivity index (χ0) is 22.1. The summed E-state index contributed by atoms with van der Waals surface area (Å²) in [5, 5.41) is 0. The predicted octanol–water partition coefficient (Wildman–Crippen LogP) is 4.23. The van der Waals surface area contributed by atoms with E-state index in [9.17, 15) is 8.42 Å². The molecule has 2 N–H and O–H groups in total. The fraction of sp³-hybridized carbons (Fsp3) is 0.0435. The maximum absolute atomic E-state index is 13.1. The van der Waals surface area contributed by atoms with Gasteiger partial charge in [-0.25, -0.2) is 18.4 Å². The Hall–Kier alpha value is -4.11. The second-order valence-corrected chi connectivity index (χ2v) is 8.74. The number of nitrogens with zero attached hydrogens (tertiary/aromatic N) is 3. The summed E-state index contributed by atoms with van der Waals surface area (Å²) in [5.74, 6) is 1.00. The summed E-state index contributed by atoms with van der Waals surface area (Å²) in [7, 11) is -2.35. The molecule has 9 heteroatoms. The van der Waals surface area contributed by atoms with Crippen molar-refractivity contribution in [3.63, 3.8) is 0 Å². The van der Waals surface area contributed by atoms with Gasteiger partial charge in [-0.1, -0.05) is 18.2 Å².